The van der Waals surface area contributed by atoms with Gasteiger partial charge in [0, 0.05) is 48.1 Å². The highest BCUT2D eigenvalue weighted by atomic mass is 16.2. The average Bonchev–Trinajstić information content (AvgIpc) is 2.95. The highest BCUT2D eigenvalue weighted by Crippen LogP contribution is 2.32. The Morgan fingerprint density at radius 2 is 1.58 bits per heavy atom. The van der Waals surface area contributed by atoms with Crippen LogP contribution in [0.25, 0.3) is 22.0 Å². The van der Waals surface area contributed by atoms with E-state index in [0.717, 1.165) is 34.9 Å². The van der Waals surface area contributed by atoms with Gasteiger partial charge in [-0.05, 0) is 61.4 Å². The number of fused-ring (bicyclic) bond motifs is 1. The number of carbonyl (C=O) groups is 3. The Balaban J connectivity index is 1.40. The SMILES string of the molecule is CC(=O)CC1CCC(CCC(=O)c2cccc3cccnc23)N(C(=O)c2ccccc2-c2ccccc2)C1. The molecule has 1 aromatic heterocycles. The summed E-state index contributed by atoms with van der Waals surface area (Å²) in [7, 11) is 0. The first-order valence-corrected chi connectivity index (χ1v) is 13.3. The van der Waals surface area contributed by atoms with Crippen LogP contribution in [-0.4, -0.2) is 39.9 Å². The van der Waals surface area contributed by atoms with Crippen molar-refractivity contribution in [3.05, 3.63) is 102 Å². The maximum absolute atomic E-state index is 14.1. The van der Waals surface area contributed by atoms with E-state index in [4.69, 9.17) is 0 Å². The van der Waals surface area contributed by atoms with E-state index in [1.807, 2.05) is 89.8 Å². The van der Waals surface area contributed by atoms with E-state index in [1.165, 1.54) is 0 Å². The Bertz CT molecular complexity index is 1460. The molecule has 1 amide bonds. The molecule has 2 heterocycles. The quantitative estimate of drug-likeness (QED) is 0.249. The predicted octanol–water partition coefficient (Wildman–Crippen LogP) is 6.76. The lowest BCUT2D eigenvalue weighted by Crippen LogP contribution is -2.47. The van der Waals surface area contributed by atoms with Gasteiger partial charge in [-0.3, -0.25) is 14.6 Å². The number of likely N-dealkylation sites (tertiary alicyclic amines) is 1. The van der Waals surface area contributed by atoms with Crippen LogP contribution in [0, 0.1) is 5.92 Å². The van der Waals surface area contributed by atoms with Crippen molar-refractivity contribution in [1.29, 1.82) is 0 Å². The predicted molar refractivity (Wildman–Crippen MR) is 150 cm³/mol. The zero-order chi connectivity index (χ0) is 26.5. The summed E-state index contributed by atoms with van der Waals surface area (Å²) in [4.78, 5) is 45.6. The maximum Gasteiger partial charge on any atom is 0.254 e. The number of rotatable bonds is 8. The molecule has 192 valence electrons. The highest BCUT2D eigenvalue weighted by molar-refractivity contribution is 6.06. The average molecular weight is 505 g/mol. The Morgan fingerprint density at radius 3 is 2.39 bits per heavy atom. The van der Waals surface area contributed by atoms with Crippen molar-refractivity contribution in [2.75, 3.05) is 6.54 Å². The number of aromatic nitrogens is 1. The van der Waals surface area contributed by atoms with E-state index in [0.29, 0.717) is 36.9 Å². The Kier molecular flexibility index (Phi) is 7.73. The number of hydrogen-bond donors (Lipinski definition) is 0. The van der Waals surface area contributed by atoms with Crippen molar-refractivity contribution in [2.45, 2.75) is 45.1 Å². The van der Waals surface area contributed by atoms with Crippen LogP contribution >= 0.6 is 0 Å². The number of hydrogen-bond acceptors (Lipinski definition) is 4. The summed E-state index contributed by atoms with van der Waals surface area (Å²) in [6, 6.07) is 27.1. The van der Waals surface area contributed by atoms with Gasteiger partial charge in [-0.1, -0.05) is 66.7 Å². The summed E-state index contributed by atoms with van der Waals surface area (Å²) >= 11 is 0. The van der Waals surface area contributed by atoms with Crippen LogP contribution in [0.1, 0.15) is 59.7 Å². The van der Waals surface area contributed by atoms with E-state index >= 15 is 0 Å². The van der Waals surface area contributed by atoms with Gasteiger partial charge in [0.1, 0.15) is 5.78 Å². The third-order valence-electron chi connectivity index (χ3n) is 7.52. The van der Waals surface area contributed by atoms with Gasteiger partial charge >= 0.3 is 0 Å². The minimum atomic E-state index is -0.0681. The fourth-order valence-electron chi connectivity index (χ4n) is 5.68. The molecule has 0 N–H and O–H groups in total. The van der Waals surface area contributed by atoms with Crippen molar-refractivity contribution in [3.8, 4) is 11.1 Å². The molecule has 5 heteroatoms. The summed E-state index contributed by atoms with van der Waals surface area (Å²) in [5, 5.41) is 0.942. The van der Waals surface area contributed by atoms with Crippen LogP contribution in [0.3, 0.4) is 0 Å². The lowest BCUT2D eigenvalue weighted by Gasteiger charge is -2.40. The topological polar surface area (TPSA) is 67.3 Å². The molecular weight excluding hydrogens is 472 g/mol. The number of piperidine rings is 1. The van der Waals surface area contributed by atoms with Crippen LogP contribution < -0.4 is 0 Å². The van der Waals surface area contributed by atoms with Crippen LogP contribution in [0.5, 0.6) is 0 Å². The van der Waals surface area contributed by atoms with Crippen LogP contribution in [0.2, 0.25) is 0 Å². The van der Waals surface area contributed by atoms with E-state index in [1.54, 1.807) is 13.1 Å². The van der Waals surface area contributed by atoms with Gasteiger partial charge in [0.15, 0.2) is 5.78 Å². The van der Waals surface area contributed by atoms with E-state index in [-0.39, 0.29) is 29.4 Å². The molecule has 1 aliphatic heterocycles. The molecule has 1 aliphatic rings. The number of Topliss-reactive ketones (excluding diaryl/α,β-unsaturated/α-hetero) is 2. The zero-order valence-corrected chi connectivity index (χ0v) is 21.7. The standard InChI is InChI=1S/C33H32N2O3/c1-23(36)21-24-16-17-27(18-19-31(37)30-15-7-11-26-12-8-20-34-32(26)30)35(22-24)33(38)29-14-6-5-13-28(29)25-9-3-2-4-10-25/h2-15,20,24,27H,16-19,21-22H2,1H3. The molecule has 0 spiro atoms. The second-order valence-corrected chi connectivity index (χ2v) is 10.2. The van der Waals surface area contributed by atoms with E-state index < -0.39 is 0 Å². The number of benzene rings is 3. The molecule has 1 fully saturated rings. The van der Waals surface area contributed by atoms with E-state index in [9.17, 15) is 14.4 Å². The van der Waals surface area contributed by atoms with Gasteiger partial charge in [-0.2, -0.15) is 0 Å². The molecule has 38 heavy (non-hydrogen) atoms. The number of para-hydroxylation sites is 1. The molecular formula is C33H32N2O3. The van der Waals surface area contributed by atoms with Crippen molar-refractivity contribution >= 4 is 28.4 Å². The van der Waals surface area contributed by atoms with Crippen LogP contribution in [0.4, 0.5) is 0 Å². The lowest BCUT2D eigenvalue weighted by molar-refractivity contribution is -0.118. The van der Waals surface area contributed by atoms with Gasteiger partial charge in [-0.25, -0.2) is 0 Å². The monoisotopic (exact) mass is 504 g/mol. The van der Waals surface area contributed by atoms with Crippen molar-refractivity contribution in [3.63, 3.8) is 0 Å². The number of pyridine rings is 1. The normalized spacial score (nSPS) is 17.3. The van der Waals surface area contributed by atoms with Gasteiger partial charge in [0.25, 0.3) is 5.91 Å². The number of nitrogens with zero attached hydrogens (tertiary/aromatic N) is 2. The Hall–Kier alpha value is -4.12. The molecule has 2 unspecified atom stereocenters. The van der Waals surface area contributed by atoms with Crippen molar-refractivity contribution < 1.29 is 14.4 Å². The van der Waals surface area contributed by atoms with Crippen molar-refractivity contribution in [2.24, 2.45) is 5.92 Å². The van der Waals surface area contributed by atoms with Crippen molar-refractivity contribution in [1.82, 2.24) is 9.88 Å². The molecule has 1 saturated heterocycles. The summed E-state index contributed by atoms with van der Waals surface area (Å²) < 4.78 is 0. The van der Waals surface area contributed by atoms with Gasteiger partial charge in [-0.15, -0.1) is 0 Å². The minimum absolute atomic E-state index is 0.0391. The first-order chi connectivity index (χ1) is 18.5. The summed E-state index contributed by atoms with van der Waals surface area (Å²) in [6.07, 6.45) is 4.74. The minimum Gasteiger partial charge on any atom is -0.335 e. The van der Waals surface area contributed by atoms with Gasteiger partial charge in [0.05, 0.1) is 5.52 Å². The fraction of sp³-hybridized carbons (Fsp3) is 0.273. The summed E-state index contributed by atoms with van der Waals surface area (Å²) in [5.74, 6) is 0.276. The third kappa shape index (κ3) is 5.57. The molecule has 0 saturated carbocycles. The second-order valence-electron chi connectivity index (χ2n) is 10.2. The number of amides is 1. The largest absolute Gasteiger partial charge is 0.335 e. The number of ketones is 2. The highest BCUT2D eigenvalue weighted by Gasteiger charge is 2.33. The summed E-state index contributed by atoms with van der Waals surface area (Å²) in [6.45, 7) is 2.13. The fourth-order valence-corrected chi connectivity index (χ4v) is 5.68. The van der Waals surface area contributed by atoms with E-state index in [2.05, 4.69) is 4.98 Å². The molecule has 4 aromatic rings. The second kappa shape index (κ2) is 11.5. The summed E-state index contributed by atoms with van der Waals surface area (Å²) in [5.41, 5.74) is 3.87. The smallest absolute Gasteiger partial charge is 0.254 e. The molecule has 5 nitrogen and oxygen atoms in total. The van der Waals surface area contributed by atoms with Crippen LogP contribution in [-0.2, 0) is 4.79 Å². The van der Waals surface area contributed by atoms with Crippen LogP contribution in [0.15, 0.2) is 91.1 Å². The Labute approximate surface area is 223 Å². The molecule has 2 atom stereocenters. The first kappa shape index (κ1) is 25.5. The maximum atomic E-state index is 14.1. The molecule has 5 rings (SSSR count). The molecule has 3 aromatic carbocycles. The molecule has 0 aliphatic carbocycles. The molecule has 0 radical (unpaired) electrons. The number of carbonyl (C=O) groups excluding carboxylic acids is 3. The van der Waals surface area contributed by atoms with Gasteiger partial charge < -0.3 is 9.69 Å². The molecule has 0 bridgehead atoms. The zero-order valence-electron chi connectivity index (χ0n) is 21.7. The third-order valence-corrected chi connectivity index (χ3v) is 7.52. The Morgan fingerprint density at radius 1 is 0.842 bits per heavy atom. The first-order valence-electron chi connectivity index (χ1n) is 13.3. The van der Waals surface area contributed by atoms with Gasteiger partial charge in [0.2, 0.25) is 0 Å². The lowest BCUT2D eigenvalue weighted by atomic mass is 9.86.